The lowest BCUT2D eigenvalue weighted by Gasteiger charge is -2.34. The highest BCUT2D eigenvalue weighted by Gasteiger charge is 2.24. The van der Waals surface area contributed by atoms with E-state index in [2.05, 4.69) is 46.2 Å². The molecule has 2 aromatic rings. The summed E-state index contributed by atoms with van der Waals surface area (Å²) in [4.78, 5) is 25.5. The van der Waals surface area contributed by atoms with Gasteiger partial charge in [-0.15, -0.1) is 0 Å². The van der Waals surface area contributed by atoms with Crippen LogP contribution in [0.15, 0.2) is 52.3 Å². The van der Waals surface area contributed by atoms with Crippen molar-refractivity contribution < 1.29 is 24.9 Å². The fourth-order valence-electron chi connectivity index (χ4n) is 3.74. The number of carboxylic acid groups (broad SMARTS) is 2. The average Bonchev–Trinajstić information content (AvgIpc) is 2.80. The fourth-order valence-corrected chi connectivity index (χ4v) is 4.81. The van der Waals surface area contributed by atoms with Crippen molar-refractivity contribution in [2.24, 2.45) is 0 Å². The molecular formula is C23H25N3O5S. The van der Waals surface area contributed by atoms with Crippen molar-refractivity contribution in [2.45, 2.75) is 35.2 Å². The Kier molecular flexibility index (Phi) is 8.11. The standard InChI is InChI=1S/C21H23N3OS.C2H2O4/c22-15-16-6-7-21-19(14-16)24(18-4-1-2-5-20(18)26-21)11-3-10-23-12-8-17(25)9-13-23;3-1(4)2(5)6/h1-2,4-7,14,17,25H,3,8-13H2;(H,3,4)(H,5,6). The maximum absolute atomic E-state index is 9.66. The van der Waals surface area contributed by atoms with Gasteiger partial charge in [-0.2, -0.15) is 5.26 Å². The van der Waals surface area contributed by atoms with Gasteiger partial charge in [0, 0.05) is 29.4 Å². The molecular weight excluding hydrogens is 430 g/mol. The number of benzene rings is 2. The molecule has 3 N–H and O–H groups in total. The van der Waals surface area contributed by atoms with Gasteiger partial charge in [-0.05, 0) is 56.1 Å². The van der Waals surface area contributed by atoms with Gasteiger partial charge >= 0.3 is 11.9 Å². The van der Waals surface area contributed by atoms with Gasteiger partial charge < -0.3 is 25.1 Å². The van der Waals surface area contributed by atoms with Crippen LogP contribution in [0, 0.1) is 11.3 Å². The fraction of sp³-hybridized carbons (Fsp3) is 0.348. The molecule has 8 nitrogen and oxygen atoms in total. The van der Waals surface area contributed by atoms with Crippen LogP contribution < -0.4 is 4.90 Å². The number of anilines is 2. The quantitative estimate of drug-likeness (QED) is 0.596. The molecule has 1 fully saturated rings. The van der Waals surface area contributed by atoms with Crippen molar-refractivity contribution in [2.75, 3.05) is 31.1 Å². The molecule has 0 spiro atoms. The number of fused-ring (bicyclic) bond motifs is 2. The number of aliphatic hydroxyl groups excluding tert-OH is 1. The van der Waals surface area contributed by atoms with E-state index in [4.69, 9.17) is 19.8 Å². The molecule has 1 saturated heterocycles. The Bertz CT molecular complexity index is 1000. The second kappa shape index (κ2) is 11.0. The number of carboxylic acids is 2. The minimum Gasteiger partial charge on any atom is -0.473 e. The van der Waals surface area contributed by atoms with Crippen LogP contribution in [-0.2, 0) is 9.59 Å². The number of nitrogens with zero attached hydrogens (tertiary/aromatic N) is 3. The minimum absolute atomic E-state index is 0.117. The summed E-state index contributed by atoms with van der Waals surface area (Å²) >= 11 is 1.78. The Morgan fingerprint density at radius 1 is 1.00 bits per heavy atom. The highest BCUT2D eigenvalue weighted by Crippen LogP contribution is 2.48. The molecule has 0 bridgehead atoms. The highest BCUT2D eigenvalue weighted by molar-refractivity contribution is 7.99. The molecule has 4 rings (SSSR count). The molecule has 0 unspecified atom stereocenters. The number of hydrogen-bond acceptors (Lipinski definition) is 7. The molecule has 2 aromatic carbocycles. The molecule has 2 aliphatic rings. The predicted molar refractivity (Wildman–Crippen MR) is 120 cm³/mol. The smallest absolute Gasteiger partial charge is 0.414 e. The van der Waals surface area contributed by atoms with Crippen LogP contribution in [0.1, 0.15) is 24.8 Å². The Hall–Kier alpha value is -3.06. The van der Waals surface area contributed by atoms with Gasteiger partial charge in [-0.3, -0.25) is 0 Å². The summed E-state index contributed by atoms with van der Waals surface area (Å²) in [5, 5.41) is 33.7. The van der Waals surface area contributed by atoms with E-state index in [-0.39, 0.29) is 6.10 Å². The van der Waals surface area contributed by atoms with Gasteiger partial charge in [0.15, 0.2) is 0 Å². The summed E-state index contributed by atoms with van der Waals surface area (Å²) in [6.07, 6.45) is 2.72. The third kappa shape index (κ3) is 6.01. The van der Waals surface area contributed by atoms with Gasteiger partial charge in [0.2, 0.25) is 0 Å². The van der Waals surface area contributed by atoms with Gasteiger partial charge in [0.05, 0.1) is 29.1 Å². The second-order valence-electron chi connectivity index (χ2n) is 7.55. The zero-order valence-corrected chi connectivity index (χ0v) is 18.3. The number of para-hydroxylation sites is 1. The monoisotopic (exact) mass is 455 g/mol. The summed E-state index contributed by atoms with van der Waals surface area (Å²) < 4.78 is 0. The summed E-state index contributed by atoms with van der Waals surface area (Å²) in [7, 11) is 0. The van der Waals surface area contributed by atoms with Crippen molar-refractivity contribution in [1.29, 1.82) is 5.26 Å². The third-order valence-corrected chi connectivity index (χ3v) is 6.48. The van der Waals surface area contributed by atoms with E-state index in [1.807, 2.05) is 12.1 Å². The Morgan fingerprint density at radius 3 is 2.31 bits per heavy atom. The number of piperidine rings is 1. The largest absolute Gasteiger partial charge is 0.473 e. The Balaban J connectivity index is 0.000000427. The lowest BCUT2D eigenvalue weighted by molar-refractivity contribution is -0.159. The lowest BCUT2D eigenvalue weighted by Crippen LogP contribution is -2.37. The van der Waals surface area contributed by atoms with Crippen molar-refractivity contribution in [1.82, 2.24) is 4.90 Å². The van der Waals surface area contributed by atoms with Crippen LogP contribution in [0.4, 0.5) is 11.4 Å². The Labute approximate surface area is 190 Å². The first-order valence-corrected chi connectivity index (χ1v) is 11.2. The number of hydrogen-bond donors (Lipinski definition) is 3. The molecule has 0 atom stereocenters. The van der Waals surface area contributed by atoms with Crippen molar-refractivity contribution >= 4 is 35.1 Å². The molecule has 0 amide bonds. The molecule has 9 heteroatoms. The van der Waals surface area contributed by atoms with Crippen molar-refractivity contribution in [3.63, 3.8) is 0 Å². The number of nitriles is 1. The van der Waals surface area contributed by atoms with Crippen LogP contribution in [0.2, 0.25) is 0 Å². The number of aliphatic hydroxyl groups is 1. The molecule has 0 aliphatic carbocycles. The molecule has 0 radical (unpaired) electrons. The van der Waals surface area contributed by atoms with E-state index in [1.165, 1.54) is 15.5 Å². The molecule has 2 aliphatic heterocycles. The maximum atomic E-state index is 9.66. The normalized spacial score (nSPS) is 15.6. The van der Waals surface area contributed by atoms with Crippen LogP contribution in [-0.4, -0.2) is 64.4 Å². The van der Waals surface area contributed by atoms with Crippen molar-refractivity contribution in [3.8, 4) is 6.07 Å². The third-order valence-electron chi connectivity index (χ3n) is 5.35. The summed E-state index contributed by atoms with van der Waals surface area (Å²) in [5.41, 5.74) is 3.08. The number of carbonyl (C=O) groups is 2. The summed E-state index contributed by atoms with van der Waals surface area (Å²) in [5.74, 6) is -3.65. The van der Waals surface area contributed by atoms with Crippen LogP contribution in [0.25, 0.3) is 0 Å². The number of likely N-dealkylation sites (tertiary alicyclic amines) is 1. The molecule has 0 aromatic heterocycles. The van der Waals surface area contributed by atoms with Gasteiger partial charge in [-0.25, -0.2) is 9.59 Å². The molecule has 168 valence electrons. The van der Waals surface area contributed by atoms with Crippen LogP contribution in [0.5, 0.6) is 0 Å². The topological polar surface area (TPSA) is 125 Å². The SMILES string of the molecule is N#Cc1ccc2c(c1)N(CCCN1CCC(O)CC1)c1ccccc1S2.O=C(O)C(=O)O. The first-order valence-electron chi connectivity index (χ1n) is 10.3. The predicted octanol–water partition coefficient (Wildman–Crippen LogP) is 3.16. The van der Waals surface area contributed by atoms with Crippen LogP contribution >= 0.6 is 11.8 Å². The molecule has 2 heterocycles. The lowest BCUT2D eigenvalue weighted by atomic mass is 10.1. The second-order valence-corrected chi connectivity index (χ2v) is 8.64. The first kappa shape index (κ1) is 23.6. The number of aliphatic carboxylic acids is 2. The van der Waals surface area contributed by atoms with E-state index in [9.17, 15) is 10.4 Å². The average molecular weight is 456 g/mol. The van der Waals surface area contributed by atoms with E-state index in [0.717, 1.165) is 51.1 Å². The maximum Gasteiger partial charge on any atom is 0.414 e. The van der Waals surface area contributed by atoms with Crippen LogP contribution in [0.3, 0.4) is 0 Å². The van der Waals surface area contributed by atoms with E-state index in [1.54, 1.807) is 11.8 Å². The van der Waals surface area contributed by atoms with Gasteiger partial charge in [0.25, 0.3) is 0 Å². The van der Waals surface area contributed by atoms with Gasteiger partial charge in [-0.1, -0.05) is 23.9 Å². The highest BCUT2D eigenvalue weighted by atomic mass is 32.2. The molecule has 32 heavy (non-hydrogen) atoms. The van der Waals surface area contributed by atoms with E-state index in [0.29, 0.717) is 5.56 Å². The first-order chi connectivity index (χ1) is 15.4. The zero-order valence-electron chi connectivity index (χ0n) is 17.5. The van der Waals surface area contributed by atoms with Gasteiger partial charge in [0.1, 0.15) is 0 Å². The van der Waals surface area contributed by atoms with Crippen molar-refractivity contribution in [3.05, 3.63) is 48.0 Å². The summed E-state index contributed by atoms with van der Waals surface area (Å²) in [6, 6.07) is 16.7. The Morgan fingerprint density at radius 2 is 1.66 bits per heavy atom. The minimum atomic E-state index is -1.82. The van der Waals surface area contributed by atoms with E-state index < -0.39 is 11.9 Å². The zero-order chi connectivity index (χ0) is 23.1. The van der Waals surface area contributed by atoms with E-state index >= 15 is 0 Å². The molecule has 0 saturated carbocycles. The number of rotatable bonds is 4. The summed E-state index contributed by atoms with van der Waals surface area (Å²) in [6.45, 7) is 3.95.